The summed E-state index contributed by atoms with van der Waals surface area (Å²) < 4.78 is 54.1. The second-order valence-corrected chi connectivity index (χ2v) is 12.1. The third-order valence-corrected chi connectivity index (χ3v) is 7.60. The van der Waals surface area contributed by atoms with Gasteiger partial charge in [-0.3, -0.25) is 0 Å². The second-order valence-electron chi connectivity index (χ2n) is 12.1. The van der Waals surface area contributed by atoms with Crippen LogP contribution in [0.15, 0.2) is 36.9 Å². The summed E-state index contributed by atoms with van der Waals surface area (Å²) in [5.74, 6) is 0.852. The summed E-state index contributed by atoms with van der Waals surface area (Å²) in [6.07, 6.45) is 0.392. The number of halogens is 3. The van der Waals surface area contributed by atoms with Crippen LogP contribution in [0, 0.1) is 18.3 Å². The van der Waals surface area contributed by atoms with E-state index in [2.05, 4.69) is 21.0 Å². The lowest BCUT2D eigenvalue weighted by atomic mass is 10.0. The SMILES string of the molecule is Cc1cccc(N2CCCc3c(nc(Oc4cncnc4)nc3N3CCN(C(=O)OC(C)(C)C)C(CC#N)C3)C2)c1C(F)(F)F. The number of benzene rings is 1. The Morgan fingerprint density at radius 2 is 1.84 bits per heavy atom. The number of anilines is 2. The number of nitriles is 1. The van der Waals surface area contributed by atoms with Gasteiger partial charge in [-0.15, -0.1) is 0 Å². The molecule has 4 heterocycles. The number of hydrogen-bond donors (Lipinski definition) is 0. The molecule has 1 atom stereocenters. The fourth-order valence-corrected chi connectivity index (χ4v) is 5.72. The molecule has 1 unspecified atom stereocenters. The van der Waals surface area contributed by atoms with Gasteiger partial charge in [-0.2, -0.15) is 28.4 Å². The van der Waals surface area contributed by atoms with E-state index in [-0.39, 0.29) is 36.8 Å². The number of aryl methyl sites for hydroxylation is 1. The number of alkyl halides is 3. The van der Waals surface area contributed by atoms with E-state index in [9.17, 15) is 23.2 Å². The minimum absolute atomic E-state index is 0.00732. The molecule has 45 heavy (non-hydrogen) atoms. The highest BCUT2D eigenvalue weighted by Gasteiger charge is 2.38. The predicted molar refractivity (Wildman–Crippen MR) is 159 cm³/mol. The third-order valence-electron chi connectivity index (χ3n) is 7.60. The van der Waals surface area contributed by atoms with Gasteiger partial charge in [-0.25, -0.2) is 14.8 Å². The first kappa shape index (κ1) is 31.7. The standard InChI is InChI=1S/C31H35F3N8O3/c1-20-7-5-9-25(26(20)31(32,33)34)40-12-6-8-23-24(18-40)38-28(44-22-15-36-19-37-16-22)39-27(23)41-13-14-42(21(17-41)10-11-35)29(43)45-30(2,3)4/h5,7,9,15-16,19,21H,6,8,10,12-14,17-18H2,1-4H3. The van der Waals surface area contributed by atoms with Crippen molar-refractivity contribution in [3.63, 3.8) is 0 Å². The second kappa shape index (κ2) is 12.7. The molecule has 0 bridgehead atoms. The number of rotatable bonds is 5. The summed E-state index contributed by atoms with van der Waals surface area (Å²) >= 11 is 0. The van der Waals surface area contributed by atoms with Crippen LogP contribution in [0.3, 0.4) is 0 Å². The van der Waals surface area contributed by atoms with E-state index in [0.717, 1.165) is 5.56 Å². The van der Waals surface area contributed by atoms with Gasteiger partial charge >= 0.3 is 18.3 Å². The zero-order valence-electron chi connectivity index (χ0n) is 25.6. The van der Waals surface area contributed by atoms with Crippen molar-refractivity contribution in [1.29, 1.82) is 5.26 Å². The number of amides is 1. The summed E-state index contributed by atoms with van der Waals surface area (Å²) in [6.45, 7) is 8.25. The van der Waals surface area contributed by atoms with Gasteiger partial charge in [0.1, 0.15) is 17.7 Å². The van der Waals surface area contributed by atoms with Crippen LogP contribution >= 0.6 is 0 Å². The molecule has 1 fully saturated rings. The summed E-state index contributed by atoms with van der Waals surface area (Å²) in [6, 6.07) is 6.27. The average molecular weight is 625 g/mol. The van der Waals surface area contributed by atoms with Gasteiger partial charge in [0.25, 0.3) is 0 Å². The first-order valence-electron chi connectivity index (χ1n) is 14.7. The first-order chi connectivity index (χ1) is 21.3. The van der Waals surface area contributed by atoms with E-state index in [4.69, 9.17) is 14.5 Å². The lowest BCUT2D eigenvalue weighted by molar-refractivity contribution is -0.137. The van der Waals surface area contributed by atoms with Crippen molar-refractivity contribution >= 4 is 17.6 Å². The Morgan fingerprint density at radius 3 is 2.53 bits per heavy atom. The van der Waals surface area contributed by atoms with Crippen molar-refractivity contribution in [1.82, 2.24) is 24.8 Å². The number of ether oxygens (including phenoxy) is 2. The normalized spacial score (nSPS) is 17.3. The molecule has 0 aliphatic carbocycles. The van der Waals surface area contributed by atoms with E-state index < -0.39 is 29.5 Å². The predicted octanol–water partition coefficient (Wildman–Crippen LogP) is 5.68. The van der Waals surface area contributed by atoms with E-state index in [1.807, 2.05) is 4.90 Å². The van der Waals surface area contributed by atoms with Crippen molar-refractivity contribution in [2.45, 2.75) is 71.3 Å². The summed E-state index contributed by atoms with van der Waals surface area (Å²) in [7, 11) is 0. The molecule has 14 heteroatoms. The third kappa shape index (κ3) is 7.35. The fourth-order valence-electron chi connectivity index (χ4n) is 5.72. The summed E-state index contributed by atoms with van der Waals surface area (Å²) in [5, 5.41) is 9.59. The highest BCUT2D eigenvalue weighted by molar-refractivity contribution is 5.69. The molecule has 0 saturated carbocycles. The maximum Gasteiger partial charge on any atom is 0.418 e. The largest absolute Gasteiger partial charge is 0.444 e. The van der Waals surface area contributed by atoms with Crippen molar-refractivity contribution in [3.8, 4) is 17.8 Å². The summed E-state index contributed by atoms with van der Waals surface area (Å²) in [4.78, 5) is 35.6. The average Bonchev–Trinajstić information content (AvgIpc) is 3.18. The van der Waals surface area contributed by atoms with Crippen LogP contribution in [-0.2, 0) is 23.9 Å². The van der Waals surface area contributed by atoms with Gasteiger partial charge in [-0.1, -0.05) is 12.1 Å². The molecule has 2 aliphatic rings. The van der Waals surface area contributed by atoms with Crippen molar-refractivity contribution < 1.29 is 27.4 Å². The highest BCUT2D eigenvalue weighted by atomic mass is 19.4. The minimum Gasteiger partial charge on any atom is -0.444 e. The summed E-state index contributed by atoms with van der Waals surface area (Å²) in [5.41, 5.74) is 0.194. The molecule has 2 aliphatic heterocycles. The Bertz CT molecular complexity index is 1570. The van der Waals surface area contributed by atoms with Gasteiger partial charge in [0.15, 0.2) is 5.75 Å². The highest BCUT2D eigenvalue weighted by Crippen LogP contribution is 2.41. The molecule has 0 N–H and O–H groups in total. The van der Waals surface area contributed by atoms with Crippen LogP contribution in [0.2, 0.25) is 0 Å². The number of nitrogens with zero attached hydrogens (tertiary/aromatic N) is 8. The molecule has 1 saturated heterocycles. The zero-order valence-corrected chi connectivity index (χ0v) is 25.6. The maximum atomic E-state index is 14.2. The Hall–Kier alpha value is -4.67. The topological polar surface area (TPSA) is 121 Å². The van der Waals surface area contributed by atoms with E-state index in [1.54, 1.807) is 36.6 Å². The van der Waals surface area contributed by atoms with Crippen LogP contribution in [0.4, 0.5) is 29.5 Å². The Balaban J connectivity index is 1.53. The molecule has 2 aromatic heterocycles. The van der Waals surface area contributed by atoms with Crippen LogP contribution in [0.25, 0.3) is 0 Å². The van der Waals surface area contributed by atoms with Crippen LogP contribution in [0.5, 0.6) is 11.8 Å². The molecule has 1 aromatic carbocycles. The monoisotopic (exact) mass is 624 g/mol. The molecule has 3 aromatic rings. The number of carbonyl (C=O) groups is 1. The Kier molecular flexibility index (Phi) is 8.99. The number of piperazine rings is 1. The number of aromatic nitrogens is 4. The quantitative estimate of drug-likeness (QED) is 0.351. The van der Waals surface area contributed by atoms with E-state index >= 15 is 0 Å². The minimum atomic E-state index is -4.53. The Labute approximate surface area is 259 Å². The molecule has 1 amide bonds. The number of hydrogen-bond acceptors (Lipinski definition) is 10. The fraction of sp³-hybridized carbons (Fsp3) is 0.484. The lowest BCUT2D eigenvalue weighted by Crippen LogP contribution is -2.56. The molecular weight excluding hydrogens is 589 g/mol. The van der Waals surface area contributed by atoms with E-state index in [1.165, 1.54) is 37.8 Å². The van der Waals surface area contributed by atoms with Gasteiger partial charge < -0.3 is 24.2 Å². The van der Waals surface area contributed by atoms with Crippen molar-refractivity contribution in [2.75, 3.05) is 36.0 Å². The number of fused-ring (bicyclic) bond motifs is 1. The molecule has 5 rings (SSSR count). The smallest absolute Gasteiger partial charge is 0.418 e. The van der Waals surface area contributed by atoms with Crippen LogP contribution < -0.4 is 14.5 Å². The van der Waals surface area contributed by atoms with Gasteiger partial charge in [0.05, 0.1) is 48.7 Å². The maximum absolute atomic E-state index is 14.2. The van der Waals surface area contributed by atoms with Gasteiger partial charge in [0, 0.05) is 37.4 Å². The number of carbonyl (C=O) groups excluding carboxylic acids is 1. The van der Waals surface area contributed by atoms with Crippen molar-refractivity contribution in [3.05, 3.63) is 59.3 Å². The van der Waals surface area contributed by atoms with Gasteiger partial charge in [-0.05, 0) is 52.2 Å². The van der Waals surface area contributed by atoms with Crippen LogP contribution in [0.1, 0.15) is 56.0 Å². The molecular formula is C31H35F3N8O3. The molecule has 11 nitrogen and oxygen atoms in total. The van der Waals surface area contributed by atoms with E-state index in [0.29, 0.717) is 49.7 Å². The van der Waals surface area contributed by atoms with Crippen LogP contribution in [-0.4, -0.2) is 68.8 Å². The van der Waals surface area contributed by atoms with Crippen molar-refractivity contribution in [2.24, 2.45) is 0 Å². The first-order valence-corrected chi connectivity index (χ1v) is 14.7. The zero-order chi connectivity index (χ0) is 32.4. The van der Waals surface area contributed by atoms with Gasteiger partial charge in [0.2, 0.25) is 0 Å². The lowest BCUT2D eigenvalue weighted by Gasteiger charge is -2.42. The molecule has 0 radical (unpaired) electrons. The molecule has 0 spiro atoms. The molecule has 238 valence electrons. The Morgan fingerprint density at radius 1 is 1.09 bits per heavy atom.